The summed E-state index contributed by atoms with van der Waals surface area (Å²) < 4.78 is 5.60. The first kappa shape index (κ1) is 17.4. The molecule has 1 aliphatic heterocycles. The van der Waals surface area contributed by atoms with Gasteiger partial charge in [-0.3, -0.25) is 4.90 Å². The van der Waals surface area contributed by atoms with Crippen LogP contribution in [-0.4, -0.2) is 27.5 Å². The fraction of sp³-hybridized carbons (Fsp3) is 0.211. The molecule has 27 heavy (non-hydrogen) atoms. The Bertz CT molecular complexity index is 1040. The van der Waals surface area contributed by atoms with Gasteiger partial charge in [-0.25, -0.2) is 9.78 Å². The van der Waals surface area contributed by atoms with Gasteiger partial charge in [0.1, 0.15) is 21.5 Å². The average molecular weight is 384 g/mol. The number of pyridine rings is 1. The first-order valence-electron chi connectivity index (χ1n) is 8.44. The molecule has 1 atom stereocenters. The molecule has 8 heteroatoms. The Morgan fingerprint density at radius 2 is 2.04 bits per heavy atom. The van der Waals surface area contributed by atoms with E-state index >= 15 is 0 Å². The van der Waals surface area contributed by atoms with E-state index in [1.807, 2.05) is 38.1 Å². The van der Waals surface area contributed by atoms with Gasteiger partial charge >= 0.3 is 11.3 Å². The molecule has 3 aromatic rings. The fourth-order valence-corrected chi connectivity index (χ4v) is 4.44. The van der Waals surface area contributed by atoms with Crippen LogP contribution in [-0.2, 0) is 11.3 Å². The fourth-order valence-electron chi connectivity index (χ4n) is 3.04. The standard InChI is InChI=1S/C19H17N3O4S/c1-11(2)26-9-12-3-5-13(6-4-12)22-15-7-8-20-17-16(15)14(21-18(22)23)10-27(17)19(24)25/h3-8,10-11H,9H2,1-2H3,(H-,21,23,24,25)/p+1. The van der Waals surface area contributed by atoms with Gasteiger partial charge in [0, 0.05) is 6.20 Å². The van der Waals surface area contributed by atoms with Crippen molar-refractivity contribution in [1.29, 1.82) is 0 Å². The molecule has 1 unspecified atom stereocenters. The van der Waals surface area contributed by atoms with Crippen molar-refractivity contribution in [3.05, 3.63) is 47.5 Å². The van der Waals surface area contributed by atoms with E-state index < -0.39 is 15.8 Å². The van der Waals surface area contributed by atoms with Crippen LogP contribution < -0.4 is 10.2 Å². The molecule has 0 saturated heterocycles. The van der Waals surface area contributed by atoms with E-state index in [9.17, 15) is 14.7 Å². The molecule has 4 rings (SSSR count). The summed E-state index contributed by atoms with van der Waals surface area (Å²) in [4.78, 5) is 30.5. The summed E-state index contributed by atoms with van der Waals surface area (Å²) >= 11 is 0. The van der Waals surface area contributed by atoms with Crippen molar-refractivity contribution in [2.45, 2.75) is 26.6 Å². The summed E-state index contributed by atoms with van der Waals surface area (Å²) in [6.07, 6.45) is 1.69. The van der Waals surface area contributed by atoms with E-state index in [2.05, 4.69) is 10.3 Å². The summed E-state index contributed by atoms with van der Waals surface area (Å²) in [5, 5.41) is 13.5. The first-order chi connectivity index (χ1) is 13.0. The predicted molar refractivity (Wildman–Crippen MR) is 105 cm³/mol. The zero-order valence-electron chi connectivity index (χ0n) is 14.8. The van der Waals surface area contributed by atoms with Gasteiger partial charge in [-0.1, -0.05) is 12.1 Å². The topological polar surface area (TPSA) is 91.8 Å². The molecule has 138 valence electrons. The smallest absolute Gasteiger partial charge is 0.437 e. The largest absolute Gasteiger partial charge is 0.554 e. The highest BCUT2D eigenvalue weighted by Gasteiger charge is 2.36. The molecular weight excluding hydrogens is 366 g/mol. The molecule has 2 N–H and O–H groups in total. The number of nitrogens with one attached hydrogen (secondary N) is 1. The number of aromatic nitrogens is 1. The molecule has 0 saturated carbocycles. The summed E-state index contributed by atoms with van der Waals surface area (Å²) in [6.45, 7) is 4.46. The lowest BCUT2D eigenvalue weighted by Gasteiger charge is -2.27. The number of rotatable bonds is 5. The van der Waals surface area contributed by atoms with E-state index in [4.69, 9.17) is 4.74 Å². The minimum Gasteiger partial charge on any atom is -0.437 e. The molecule has 7 nitrogen and oxygen atoms in total. The molecular formula is C19H18N3O4S+. The lowest BCUT2D eigenvalue weighted by molar-refractivity contribution is 0.0657. The second kappa shape index (κ2) is 6.64. The number of ether oxygens (including phenoxy) is 1. The number of anilines is 3. The van der Waals surface area contributed by atoms with Crippen LogP contribution in [0.15, 0.2) is 41.9 Å². The molecule has 0 fully saturated rings. The highest BCUT2D eigenvalue weighted by atomic mass is 32.2. The van der Waals surface area contributed by atoms with E-state index in [0.717, 1.165) is 5.56 Å². The molecule has 1 aliphatic rings. The number of nitrogens with zero attached hydrogens (tertiary/aromatic N) is 2. The highest BCUT2D eigenvalue weighted by molar-refractivity contribution is 7.54. The van der Waals surface area contributed by atoms with Crippen LogP contribution in [0.4, 0.5) is 26.7 Å². The van der Waals surface area contributed by atoms with Crippen molar-refractivity contribution in [3.8, 4) is 0 Å². The van der Waals surface area contributed by atoms with Gasteiger partial charge in [0.25, 0.3) is 4.83 Å². The summed E-state index contributed by atoms with van der Waals surface area (Å²) in [5.74, 6) is 0. The minimum absolute atomic E-state index is 0.144. The zero-order chi connectivity index (χ0) is 19.1. The van der Waals surface area contributed by atoms with E-state index in [-0.39, 0.29) is 12.1 Å². The van der Waals surface area contributed by atoms with Crippen molar-refractivity contribution >= 4 is 49.1 Å². The Labute approximate surface area is 158 Å². The average Bonchev–Trinajstić information content (AvgIpc) is 3.01. The number of carboxylic acid groups (broad SMARTS) is 1. The van der Waals surface area contributed by atoms with Crippen LogP contribution in [0.5, 0.6) is 0 Å². The maximum atomic E-state index is 12.7. The van der Waals surface area contributed by atoms with Crippen molar-refractivity contribution in [2.24, 2.45) is 0 Å². The van der Waals surface area contributed by atoms with Crippen molar-refractivity contribution in [2.75, 3.05) is 10.2 Å². The Balaban J connectivity index is 1.76. The Morgan fingerprint density at radius 1 is 1.30 bits per heavy atom. The normalized spacial score (nSPS) is 14.0. The SMILES string of the molecule is CC(C)OCc1ccc(N2C(=O)Nc3c[s+](C(=O)O)c4nccc2c34)cc1. The highest BCUT2D eigenvalue weighted by Crippen LogP contribution is 2.46. The zero-order valence-corrected chi connectivity index (χ0v) is 15.6. The van der Waals surface area contributed by atoms with Gasteiger partial charge < -0.3 is 15.2 Å². The second-order valence-electron chi connectivity index (χ2n) is 6.44. The molecule has 3 heterocycles. The van der Waals surface area contributed by atoms with Gasteiger partial charge in [-0.15, -0.1) is 0 Å². The van der Waals surface area contributed by atoms with Gasteiger partial charge in [0.05, 0.1) is 24.1 Å². The van der Waals surface area contributed by atoms with Gasteiger partial charge in [0.15, 0.2) is 5.38 Å². The van der Waals surface area contributed by atoms with Gasteiger partial charge in [-0.2, -0.15) is 4.79 Å². The minimum atomic E-state index is -1.17. The Kier molecular flexibility index (Phi) is 4.29. The summed E-state index contributed by atoms with van der Waals surface area (Å²) in [6, 6.07) is 8.94. The molecule has 2 aromatic heterocycles. The molecule has 0 bridgehead atoms. The van der Waals surface area contributed by atoms with Crippen LogP contribution in [0.1, 0.15) is 19.4 Å². The van der Waals surface area contributed by atoms with Crippen LogP contribution in [0.2, 0.25) is 0 Å². The maximum Gasteiger partial charge on any atom is 0.554 e. The van der Waals surface area contributed by atoms with E-state index in [1.54, 1.807) is 22.5 Å². The number of hydrogen-bond donors (Lipinski definition) is 2. The third-order valence-corrected chi connectivity index (χ3v) is 5.83. The van der Waals surface area contributed by atoms with Crippen LogP contribution in [0.25, 0.3) is 10.2 Å². The van der Waals surface area contributed by atoms with Crippen LogP contribution in [0.3, 0.4) is 0 Å². The van der Waals surface area contributed by atoms with Gasteiger partial charge in [0.2, 0.25) is 0 Å². The number of amides is 2. The molecule has 0 aliphatic carbocycles. The lowest BCUT2D eigenvalue weighted by Crippen LogP contribution is -2.33. The third kappa shape index (κ3) is 3.02. The molecule has 1 aromatic carbocycles. The first-order valence-corrected chi connectivity index (χ1v) is 9.73. The molecule has 0 spiro atoms. The van der Waals surface area contributed by atoms with Crippen molar-refractivity contribution in [3.63, 3.8) is 0 Å². The number of carbonyl (C=O) groups is 2. The monoisotopic (exact) mass is 384 g/mol. The number of carbonyl (C=O) groups excluding carboxylic acids is 1. The maximum absolute atomic E-state index is 12.7. The third-order valence-electron chi connectivity index (χ3n) is 4.26. The van der Waals surface area contributed by atoms with Crippen LogP contribution in [0, 0.1) is 0 Å². The van der Waals surface area contributed by atoms with Gasteiger partial charge in [-0.05, 0) is 37.6 Å². The Morgan fingerprint density at radius 3 is 2.70 bits per heavy atom. The summed E-state index contributed by atoms with van der Waals surface area (Å²) in [5.41, 5.74) is 2.85. The number of benzene rings is 1. The lowest BCUT2D eigenvalue weighted by atomic mass is 10.1. The predicted octanol–water partition coefficient (Wildman–Crippen LogP) is 5.12. The van der Waals surface area contributed by atoms with Crippen LogP contribution >= 0.6 is 10.5 Å². The van der Waals surface area contributed by atoms with Crippen molar-refractivity contribution < 1.29 is 19.4 Å². The molecule has 2 amide bonds. The Hall–Kier alpha value is -2.97. The van der Waals surface area contributed by atoms with E-state index in [0.29, 0.717) is 33.9 Å². The quantitative estimate of drug-likeness (QED) is 0.596. The molecule has 0 radical (unpaired) electrons. The number of urea groups is 1. The number of thiophene rings is 1. The second-order valence-corrected chi connectivity index (χ2v) is 8.08. The number of hydrogen-bond acceptors (Lipinski definition) is 4. The summed E-state index contributed by atoms with van der Waals surface area (Å²) in [7, 11) is -1.17. The van der Waals surface area contributed by atoms with Crippen molar-refractivity contribution in [1.82, 2.24) is 4.98 Å². The van der Waals surface area contributed by atoms with E-state index in [1.165, 1.54) is 0 Å².